The molecule has 1 atom stereocenters. The maximum atomic E-state index is 12.6. The van der Waals surface area contributed by atoms with Crippen LogP contribution in [0, 0.1) is 6.92 Å². The Bertz CT molecular complexity index is 550. The second-order valence-corrected chi connectivity index (χ2v) is 4.56. The molecule has 0 aromatic carbocycles. The van der Waals surface area contributed by atoms with Crippen LogP contribution in [0.3, 0.4) is 0 Å². The fourth-order valence-electron chi connectivity index (χ4n) is 1.89. The lowest BCUT2D eigenvalue weighted by Gasteiger charge is -2.19. The van der Waals surface area contributed by atoms with Crippen molar-refractivity contribution in [3.63, 3.8) is 0 Å². The summed E-state index contributed by atoms with van der Waals surface area (Å²) in [7, 11) is 0. The molecular formula is C13H17F3N2O2. The molecule has 4 nitrogen and oxygen atoms in total. The third-order valence-electron chi connectivity index (χ3n) is 2.90. The summed E-state index contributed by atoms with van der Waals surface area (Å²) >= 11 is 0. The van der Waals surface area contributed by atoms with Crippen LogP contribution < -0.4 is 10.9 Å². The van der Waals surface area contributed by atoms with E-state index in [1.165, 1.54) is 13.8 Å². The Kier molecular flexibility index (Phi) is 4.97. The zero-order valence-corrected chi connectivity index (χ0v) is 11.5. The van der Waals surface area contributed by atoms with Crippen LogP contribution in [-0.2, 0) is 11.0 Å². The first-order chi connectivity index (χ1) is 9.18. The summed E-state index contributed by atoms with van der Waals surface area (Å²) in [5.41, 5.74) is -1.74. The maximum absolute atomic E-state index is 12.6. The molecule has 20 heavy (non-hydrogen) atoms. The molecule has 7 heteroatoms. The average molecular weight is 290 g/mol. The van der Waals surface area contributed by atoms with Gasteiger partial charge < -0.3 is 9.88 Å². The largest absolute Gasteiger partial charge is 0.416 e. The topological polar surface area (TPSA) is 51.1 Å². The van der Waals surface area contributed by atoms with Crippen LogP contribution >= 0.6 is 0 Å². The highest BCUT2D eigenvalue weighted by Crippen LogP contribution is 2.28. The van der Waals surface area contributed by atoms with Gasteiger partial charge in [0.25, 0.3) is 5.56 Å². The second kappa shape index (κ2) is 6.11. The molecule has 112 valence electrons. The molecule has 1 N–H and O–H groups in total. The van der Waals surface area contributed by atoms with Gasteiger partial charge in [-0.15, -0.1) is 0 Å². The lowest BCUT2D eigenvalue weighted by Crippen LogP contribution is -2.37. The van der Waals surface area contributed by atoms with Gasteiger partial charge in [0, 0.05) is 18.3 Å². The fourth-order valence-corrected chi connectivity index (χ4v) is 1.89. The molecule has 1 amide bonds. The number of carbonyl (C=O) groups is 1. The maximum Gasteiger partial charge on any atom is 0.416 e. The normalized spacial score (nSPS) is 13.1. The summed E-state index contributed by atoms with van der Waals surface area (Å²) in [5.74, 6) is -0.392. The first kappa shape index (κ1) is 16.3. The van der Waals surface area contributed by atoms with E-state index in [0.717, 1.165) is 17.1 Å². The number of rotatable bonds is 4. The Morgan fingerprint density at radius 2 is 2.00 bits per heavy atom. The number of amides is 1. The summed E-state index contributed by atoms with van der Waals surface area (Å²) in [6, 6.07) is 0.526. The lowest BCUT2D eigenvalue weighted by molar-refractivity contribution is -0.137. The van der Waals surface area contributed by atoms with Gasteiger partial charge in [-0.05, 0) is 26.3 Å². The number of nitrogens with zero attached hydrogens (tertiary/aromatic N) is 1. The lowest BCUT2D eigenvalue weighted by atomic mass is 10.2. The van der Waals surface area contributed by atoms with Crippen LogP contribution in [0.15, 0.2) is 16.9 Å². The van der Waals surface area contributed by atoms with Gasteiger partial charge in [-0.2, -0.15) is 13.2 Å². The van der Waals surface area contributed by atoms with Crippen LogP contribution in [0.1, 0.15) is 37.6 Å². The van der Waals surface area contributed by atoms with Gasteiger partial charge >= 0.3 is 6.18 Å². The molecule has 0 unspecified atom stereocenters. The summed E-state index contributed by atoms with van der Waals surface area (Å²) in [6.07, 6.45) is -3.84. The van der Waals surface area contributed by atoms with Gasteiger partial charge in [0.2, 0.25) is 5.91 Å². The number of hydrogen-bond acceptors (Lipinski definition) is 2. The standard InChI is InChI=1S/C13H17F3N2O2/c1-4-5-17-12(20)9(3)18-8(2)6-10(7-11(18)19)13(14,15)16/h6-7,9H,4-5H2,1-3H3,(H,17,20)/t9-/m1/s1. The van der Waals surface area contributed by atoms with E-state index in [1.54, 1.807) is 0 Å². The minimum atomic E-state index is -4.57. The Morgan fingerprint density at radius 3 is 2.45 bits per heavy atom. The van der Waals surface area contributed by atoms with Crippen molar-refractivity contribution in [1.29, 1.82) is 0 Å². The van der Waals surface area contributed by atoms with E-state index in [4.69, 9.17) is 0 Å². The van der Waals surface area contributed by atoms with Crippen molar-refractivity contribution in [2.24, 2.45) is 0 Å². The number of alkyl halides is 3. The first-order valence-electron chi connectivity index (χ1n) is 6.26. The molecule has 1 rings (SSSR count). The quantitative estimate of drug-likeness (QED) is 0.924. The SMILES string of the molecule is CCCNC(=O)[C@@H](C)n1c(C)cc(C(F)(F)F)cc1=O. The van der Waals surface area contributed by atoms with Gasteiger partial charge in [0.15, 0.2) is 0 Å². The summed E-state index contributed by atoms with van der Waals surface area (Å²) in [4.78, 5) is 23.6. The van der Waals surface area contributed by atoms with Crippen molar-refractivity contribution in [3.05, 3.63) is 33.7 Å². The number of nitrogens with one attached hydrogen (secondary N) is 1. The van der Waals surface area contributed by atoms with E-state index in [0.29, 0.717) is 12.6 Å². The number of aryl methyl sites for hydroxylation is 1. The molecule has 1 heterocycles. The van der Waals surface area contributed by atoms with Gasteiger partial charge in [-0.3, -0.25) is 9.59 Å². The zero-order valence-electron chi connectivity index (χ0n) is 11.5. The molecule has 0 fully saturated rings. The molecule has 0 aliphatic rings. The molecule has 0 saturated heterocycles. The predicted molar refractivity (Wildman–Crippen MR) is 68.5 cm³/mol. The van der Waals surface area contributed by atoms with Gasteiger partial charge in [0.05, 0.1) is 5.56 Å². The summed E-state index contributed by atoms with van der Waals surface area (Å²) in [6.45, 7) is 5.19. The van der Waals surface area contributed by atoms with Crippen LogP contribution in [0.25, 0.3) is 0 Å². The third kappa shape index (κ3) is 3.61. The number of pyridine rings is 1. The van der Waals surface area contributed by atoms with Crippen LogP contribution in [0.4, 0.5) is 13.2 Å². The van der Waals surface area contributed by atoms with Crippen molar-refractivity contribution in [2.45, 2.75) is 39.4 Å². The monoisotopic (exact) mass is 290 g/mol. The van der Waals surface area contributed by atoms with Gasteiger partial charge in [-0.25, -0.2) is 0 Å². The van der Waals surface area contributed by atoms with E-state index >= 15 is 0 Å². The Morgan fingerprint density at radius 1 is 1.40 bits per heavy atom. The Labute approximate surface area is 114 Å². The smallest absolute Gasteiger partial charge is 0.354 e. The van der Waals surface area contributed by atoms with Crippen LogP contribution in [-0.4, -0.2) is 17.0 Å². The predicted octanol–water partition coefficient (Wildman–Crippen LogP) is 2.26. The molecule has 0 aliphatic heterocycles. The minimum Gasteiger partial charge on any atom is -0.354 e. The van der Waals surface area contributed by atoms with E-state index in [2.05, 4.69) is 5.32 Å². The first-order valence-corrected chi connectivity index (χ1v) is 6.26. The van der Waals surface area contributed by atoms with Crippen molar-refractivity contribution in [2.75, 3.05) is 6.54 Å². The van der Waals surface area contributed by atoms with Crippen molar-refractivity contribution in [3.8, 4) is 0 Å². The molecule has 1 aromatic rings. The van der Waals surface area contributed by atoms with E-state index in [-0.39, 0.29) is 5.69 Å². The zero-order chi connectivity index (χ0) is 15.5. The Balaban J connectivity index is 3.14. The summed E-state index contributed by atoms with van der Waals surface area (Å²) < 4.78 is 38.8. The van der Waals surface area contributed by atoms with Crippen LogP contribution in [0.5, 0.6) is 0 Å². The highest BCUT2D eigenvalue weighted by Gasteiger charge is 2.32. The van der Waals surface area contributed by atoms with Crippen LogP contribution in [0.2, 0.25) is 0 Å². The molecule has 0 aliphatic carbocycles. The Hall–Kier alpha value is -1.79. The average Bonchev–Trinajstić information content (AvgIpc) is 2.33. The fraction of sp³-hybridized carbons (Fsp3) is 0.538. The molecule has 0 saturated carbocycles. The number of halogens is 3. The molecular weight excluding hydrogens is 273 g/mol. The highest BCUT2D eigenvalue weighted by molar-refractivity contribution is 5.79. The molecule has 1 aromatic heterocycles. The highest BCUT2D eigenvalue weighted by atomic mass is 19.4. The number of carbonyl (C=O) groups excluding carboxylic acids is 1. The van der Waals surface area contributed by atoms with Crippen molar-refractivity contribution in [1.82, 2.24) is 9.88 Å². The molecule has 0 bridgehead atoms. The van der Waals surface area contributed by atoms with Gasteiger partial charge in [0.1, 0.15) is 6.04 Å². The number of aromatic nitrogens is 1. The third-order valence-corrected chi connectivity index (χ3v) is 2.90. The minimum absolute atomic E-state index is 0.101. The van der Waals surface area contributed by atoms with E-state index in [9.17, 15) is 22.8 Å². The molecule has 0 spiro atoms. The van der Waals surface area contributed by atoms with Crippen molar-refractivity contribution >= 4 is 5.91 Å². The van der Waals surface area contributed by atoms with E-state index < -0.39 is 29.2 Å². The second-order valence-electron chi connectivity index (χ2n) is 4.56. The molecule has 0 radical (unpaired) electrons. The number of hydrogen-bond donors (Lipinski definition) is 1. The van der Waals surface area contributed by atoms with Crippen molar-refractivity contribution < 1.29 is 18.0 Å². The summed E-state index contributed by atoms with van der Waals surface area (Å²) in [5, 5.41) is 2.61. The van der Waals surface area contributed by atoms with E-state index in [1.807, 2.05) is 6.92 Å². The van der Waals surface area contributed by atoms with Gasteiger partial charge in [-0.1, -0.05) is 6.92 Å².